The number of carbonyl (C=O) groups excluding carboxylic acids is 3. The normalized spacial score (nSPS) is 11.5. The van der Waals surface area contributed by atoms with Crippen LogP contribution in [0.4, 0.5) is 10.8 Å². The predicted octanol–water partition coefficient (Wildman–Crippen LogP) is 5.85. The lowest BCUT2D eigenvalue weighted by atomic mass is 10.1. The third-order valence-electron chi connectivity index (χ3n) is 4.88. The zero-order valence-corrected chi connectivity index (χ0v) is 21.4. The molecular formula is C26H29N3O4S2. The van der Waals surface area contributed by atoms with Gasteiger partial charge in [-0.05, 0) is 37.1 Å². The van der Waals surface area contributed by atoms with Gasteiger partial charge in [0.25, 0.3) is 0 Å². The molecule has 0 bridgehead atoms. The number of nitrogens with zero attached hydrogens (tertiary/aromatic N) is 1. The highest BCUT2D eigenvalue weighted by atomic mass is 32.2. The zero-order chi connectivity index (χ0) is 25.0. The van der Waals surface area contributed by atoms with Crippen LogP contribution in [0.5, 0.6) is 0 Å². The first-order valence-corrected chi connectivity index (χ1v) is 13.3. The average Bonchev–Trinajstić information content (AvgIpc) is 3.28. The Balaban J connectivity index is 1.73. The maximum atomic E-state index is 13.3. The number of amides is 2. The molecule has 9 heteroatoms. The monoisotopic (exact) mass is 511 g/mol. The lowest BCUT2D eigenvalue weighted by molar-refractivity contribution is -0.142. The first-order valence-electron chi connectivity index (χ1n) is 11.5. The van der Waals surface area contributed by atoms with Gasteiger partial charge < -0.3 is 15.4 Å². The Morgan fingerprint density at radius 1 is 1.06 bits per heavy atom. The summed E-state index contributed by atoms with van der Waals surface area (Å²) >= 11 is 2.66. The van der Waals surface area contributed by atoms with Gasteiger partial charge in [-0.1, -0.05) is 49.7 Å². The molecular weight excluding hydrogens is 482 g/mol. The number of benzene rings is 2. The molecule has 0 aliphatic rings. The third kappa shape index (κ3) is 8.52. The molecule has 1 unspecified atom stereocenters. The van der Waals surface area contributed by atoms with E-state index in [1.54, 1.807) is 12.3 Å². The smallest absolute Gasteiger partial charge is 0.311 e. The van der Waals surface area contributed by atoms with E-state index < -0.39 is 5.25 Å². The average molecular weight is 512 g/mol. The Morgan fingerprint density at radius 3 is 2.60 bits per heavy atom. The van der Waals surface area contributed by atoms with Gasteiger partial charge in [0.15, 0.2) is 5.13 Å². The molecule has 0 fully saturated rings. The number of nitrogens with one attached hydrogen (secondary N) is 2. The van der Waals surface area contributed by atoms with E-state index in [9.17, 15) is 14.4 Å². The molecule has 2 aromatic carbocycles. The highest BCUT2D eigenvalue weighted by molar-refractivity contribution is 8.00. The van der Waals surface area contributed by atoms with E-state index >= 15 is 0 Å². The number of esters is 1. The van der Waals surface area contributed by atoms with Gasteiger partial charge in [-0.15, -0.1) is 23.1 Å². The molecule has 184 valence electrons. The Kier molecular flexibility index (Phi) is 10.3. The minimum atomic E-state index is -0.542. The van der Waals surface area contributed by atoms with Gasteiger partial charge >= 0.3 is 5.97 Å². The van der Waals surface area contributed by atoms with Crippen molar-refractivity contribution in [3.63, 3.8) is 0 Å². The van der Waals surface area contributed by atoms with Crippen molar-refractivity contribution in [2.45, 2.75) is 49.7 Å². The molecule has 3 aromatic rings. The molecule has 3 rings (SSSR count). The number of rotatable bonds is 12. The maximum Gasteiger partial charge on any atom is 0.311 e. The molecule has 2 N–H and O–H groups in total. The molecule has 0 aliphatic carbocycles. The molecule has 1 atom stereocenters. The van der Waals surface area contributed by atoms with Crippen molar-refractivity contribution in [2.75, 3.05) is 17.2 Å². The molecule has 1 aromatic heterocycles. The van der Waals surface area contributed by atoms with Crippen LogP contribution in [0.3, 0.4) is 0 Å². The first kappa shape index (κ1) is 26.4. The van der Waals surface area contributed by atoms with Crippen LogP contribution < -0.4 is 10.6 Å². The third-order valence-corrected chi connectivity index (χ3v) is 6.94. The molecule has 0 radical (unpaired) electrons. The van der Waals surface area contributed by atoms with Crippen LogP contribution in [0.2, 0.25) is 0 Å². The second kappa shape index (κ2) is 13.7. The number of anilines is 2. The summed E-state index contributed by atoms with van der Waals surface area (Å²) in [5, 5.41) is 7.43. The molecule has 0 spiro atoms. The van der Waals surface area contributed by atoms with Crippen molar-refractivity contribution < 1.29 is 19.1 Å². The van der Waals surface area contributed by atoms with Crippen molar-refractivity contribution in [3.05, 3.63) is 71.2 Å². The minimum Gasteiger partial charge on any atom is -0.466 e. The van der Waals surface area contributed by atoms with Gasteiger partial charge in [-0.25, -0.2) is 4.98 Å². The van der Waals surface area contributed by atoms with Crippen molar-refractivity contribution in [2.24, 2.45) is 0 Å². The quantitative estimate of drug-likeness (QED) is 0.234. The van der Waals surface area contributed by atoms with Crippen LogP contribution >= 0.6 is 23.1 Å². The maximum absolute atomic E-state index is 13.3. The fourth-order valence-corrected chi connectivity index (χ4v) is 5.02. The van der Waals surface area contributed by atoms with E-state index in [0.29, 0.717) is 29.5 Å². The van der Waals surface area contributed by atoms with Crippen LogP contribution in [-0.4, -0.2) is 29.4 Å². The van der Waals surface area contributed by atoms with Gasteiger partial charge in [-0.2, -0.15) is 0 Å². The van der Waals surface area contributed by atoms with Gasteiger partial charge in [0.2, 0.25) is 11.8 Å². The van der Waals surface area contributed by atoms with E-state index in [-0.39, 0.29) is 24.2 Å². The summed E-state index contributed by atoms with van der Waals surface area (Å²) in [7, 11) is 0. The zero-order valence-electron chi connectivity index (χ0n) is 19.8. The molecule has 0 saturated heterocycles. The van der Waals surface area contributed by atoms with Crippen LogP contribution in [-0.2, 0) is 25.5 Å². The molecule has 35 heavy (non-hydrogen) atoms. The summed E-state index contributed by atoms with van der Waals surface area (Å²) in [6.07, 6.45) is 2.35. The molecule has 7 nitrogen and oxygen atoms in total. The summed E-state index contributed by atoms with van der Waals surface area (Å²) in [5.41, 5.74) is 2.10. The van der Waals surface area contributed by atoms with Crippen molar-refractivity contribution in [1.29, 1.82) is 0 Å². The van der Waals surface area contributed by atoms with Crippen LogP contribution in [0.25, 0.3) is 0 Å². The number of thiazole rings is 1. The molecule has 0 saturated carbocycles. The van der Waals surface area contributed by atoms with Gasteiger partial charge in [0, 0.05) is 22.4 Å². The summed E-state index contributed by atoms with van der Waals surface area (Å²) in [4.78, 5) is 42.4. The predicted molar refractivity (Wildman–Crippen MR) is 141 cm³/mol. The van der Waals surface area contributed by atoms with E-state index in [0.717, 1.165) is 23.3 Å². The topological polar surface area (TPSA) is 97.4 Å². The van der Waals surface area contributed by atoms with E-state index in [4.69, 9.17) is 4.74 Å². The second-order valence-corrected chi connectivity index (χ2v) is 9.74. The van der Waals surface area contributed by atoms with Gasteiger partial charge in [0.1, 0.15) is 5.25 Å². The fourth-order valence-electron chi connectivity index (χ4n) is 3.22. The lowest BCUT2D eigenvalue weighted by Crippen LogP contribution is -2.19. The Labute approximate surface area is 213 Å². The number of hydrogen-bond donors (Lipinski definition) is 2. The summed E-state index contributed by atoms with van der Waals surface area (Å²) in [6.45, 7) is 4.11. The van der Waals surface area contributed by atoms with E-state index in [1.807, 2.05) is 61.5 Å². The number of aromatic nitrogens is 1. The highest BCUT2D eigenvalue weighted by Gasteiger charge is 2.23. The minimum absolute atomic E-state index is 0.0197. The largest absolute Gasteiger partial charge is 0.466 e. The lowest BCUT2D eigenvalue weighted by Gasteiger charge is -2.17. The summed E-state index contributed by atoms with van der Waals surface area (Å²) in [5.74, 6) is -0.598. The summed E-state index contributed by atoms with van der Waals surface area (Å²) < 4.78 is 4.96. The van der Waals surface area contributed by atoms with Gasteiger partial charge in [0.05, 0.1) is 18.7 Å². The summed E-state index contributed by atoms with van der Waals surface area (Å²) in [6, 6.07) is 17.0. The van der Waals surface area contributed by atoms with E-state index in [1.165, 1.54) is 23.1 Å². The fraction of sp³-hybridized carbons (Fsp3) is 0.308. The number of hydrogen-bond acceptors (Lipinski definition) is 7. The van der Waals surface area contributed by atoms with Crippen LogP contribution in [0.1, 0.15) is 49.6 Å². The van der Waals surface area contributed by atoms with Gasteiger partial charge in [-0.3, -0.25) is 14.4 Å². The molecule has 1 heterocycles. The molecule has 2 amide bonds. The number of ether oxygens (including phenoxy) is 1. The number of carbonyl (C=O) groups is 3. The van der Waals surface area contributed by atoms with Crippen molar-refractivity contribution in [1.82, 2.24) is 4.98 Å². The number of unbranched alkanes of at least 4 members (excludes halogenated alkanes) is 1. The van der Waals surface area contributed by atoms with E-state index in [2.05, 4.69) is 15.6 Å². The SMILES string of the molecule is CCCCC(=O)Nc1cccc(SC(C(=O)Nc2nc(CC(=O)OCC)cs2)c2ccccc2)c1. The Morgan fingerprint density at radius 2 is 1.86 bits per heavy atom. The Bertz CT molecular complexity index is 1130. The van der Waals surface area contributed by atoms with Crippen molar-refractivity contribution in [3.8, 4) is 0 Å². The highest BCUT2D eigenvalue weighted by Crippen LogP contribution is 2.37. The first-order chi connectivity index (χ1) is 17.0. The van der Waals surface area contributed by atoms with Crippen LogP contribution in [0.15, 0.2) is 64.9 Å². The van der Waals surface area contributed by atoms with Crippen LogP contribution in [0, 0.1) is 0 Å². The second-order valence-electron chi connectivity index (χ2n) is 7.70. The standard InChI is InChI=1S/C26H29N3O4S2/c1-3-5-14-22(30)27-19-12-9-13-21(15-19)35-24(18-10-7-6-8-11-18)25(32)29-26-28-20(17-34-26)16-23(31)33-4-2/h6-13,15,17,24H,3-5,14,16H2,1-2H3,(H,27,30)(H,28,29,32). The Hall–Kier alpha value is -3.17. The number of thioether (sulfide) groups is 1. The van der Waals surface area contributed by atoms with Crippen molar-refractivity contribution >= 4 is 51.7 Å². The molecule has 0 aliphatic heterocycles.